The molecule has 0 spiro atoms. The smallest absolute Gasteiger partial charge is 0.319 e. The molecule has 4 rings (SSSR count). The fraction of sp³-hybridized carbons (Fsp3) is 0.318. The van der Waals surface area contributed by atoms with Gasteiger partial charge >= 0.3 is 6.03 Å². The molecule has 1 unspecified atom stereocenters. The summed E-state index contributed by atoms with van der Waals surface area (Å²) in [5.74, 6) is 1.44. The molecule has 1 aromatic heterocycles. The van der Waals surface area contributed by atoms with Gasteiger partial charge in [0, 0.05) is 41.3 Å². The average Bonchev–Trinajstić information content (AvgIpc) is 3.03. The van der Waals surface area contributed by atoms with Gasteiger partial charge in [0.15, 0.2) is 0 Å². The molecule has 3 aromatic rings. The summed E-state index contributed by atoms with van der Waals surface area (Å²) in [7, 11) is 0. The molecule has 2 N–H and O–H groups in total. The second-order valence-electron chi connectivity index (χ2n) is 7.46. The minimum absolute atomic E-state index is 0.0363. The first-order valence-electron chi connectivity index (χ1n) is 9.48. The third-order valence-electron chi connectivity index (χ3n) is 4.85. The number of aromatic nitrogens is 1. The molecule has 5 heteroatoms. The standard InChI is InChI=1S/C22H25N3O2/c1-15(2)14-25-11-9-16-13-17(7-8-20(16)25)23-22(26)24-19-10-12-27-21-6-4-3-5-18(19)21/h3-9,11,13,15,19H,10,12,14H2,1-2H3,(H2,23,24,26). The molecule has 5 nitrogen and oxygen atoms in total. The van der Waals surface area contributed by atoms with Crippen molar-refractivity contribution < 1.29 is 9.53 Å². The van der Waals surface area contributed by atoms with E-state index < -0.39 is 0 Å². The van der Waals surface area contributed by atoms with Gasteiger partial charge in [-0.25, -0.2) is 4.79 Å². The molecule has 2 heterocycles. The minimum Gasteiger partial charge on any atom is -0.493 e. The van der Waals surface area contributed by atoms with Gasteiger partial charge in [-0.05, 0) is 36.2 Å². The Morgan fingerprint density at radius 2 is 2.07 bits per heavy atom. The van der Waals surface area contributed by atoms with Crippen LogP contribution < -0.4 is 15.4 Å². The highest BCUT2D eigenvalue weighted by Gasteiger charge is 2.22. The van der Waals surface area contributed by atoms with Crippen molar-refractivity contribution in [3.8, 4) is 5.75 Å². The summed E-state index contributed by atoms with van der Waals surface area (Å²) in [6.07, 6.45) is 2.87. The summed E-state index contributed by atoms with van der Waals surface area (Å²) >= 11 is 0. The SMILES string of the molecule is CC(C)Cn1ccc2cc(NC(=O)NC3CCOc4ccccc43)ccc21. The van der Waals surface area contributed by atoms with Crippen molar-refractivity contribution >= 4 is 22.6 Å². The quantitative estimate of drug-likeness (QED) is 0.690. The van der Waals surface area contributed by atoms with Gasteiger partial charge in [-0.15, -0.1) is 0 Å². The van der Waals surface area contributed by atoms with Gasteiger partial charge < -0.3 is 19.9 Å². The van der Waals surface area contributed by atoms with E-state index in [0.29, 0.717) is 12.5 Å². The third kappa shape index (κ3) is 3.77. The molecule has 0 saturated heterocycles. The van der Waals surface area contributed by atoms with E-state index in [1.54, 1.807) is 0 Å². The second kappa shape index (κ2) is 7.35. The van der Waals surface area contributed by atoms with Crippen LogP contribution in [0, 0.1) is 5.92 Å². The van der Waals surface area contributed by atoms with Crippen LogP contribution in [0.3, 0.4) is 0 Å². The van der Waals surface area contributed by atoms with Crippen molar-refractivity contribution in [3.05, 3.63) is 60.3 Å². The summed E-state index contributed by atoms with van der Waals surface area (Å²) < 4.78 is 7.91. The van der Waals surface area contributed by atoms with Crippen LogP contribution in [0.5, 0.6) is 5.75 Å². The molecule has 0 radical (unpaired) electrons. The van der Waals surface area contributed by atoms with Crippen molar-refractivity contribution in [3.63, 3.8) is 0 Å². The summed E-state index contributed by atoms with van der Waals surface area (Å²) in [5.41, 5.74) is 3.01. The number of carbonyl (C=O) groups is 1. The van der Waals surface area contributed by atoms with E-state index in [1.165, 1.54) is 5.52 Å². The number of ether oxygens (including phenoxy) is 1. The van der Waals surface area contributed by atoms with Crippen molar-refractivity contribution in [1.29, 1.82) is 0 Å². The van der Waals surface area contributed by atoms with Gasteiger partial charge in [-0.3, -0.25) is 0 Å². The topological polar surface area (TPSA) is 55.3 Å². The van der Waals surface area contributed by atoms with E-state index in [-0.39, 0.29) is 12.1 Å². The first-order valence-corrected chi connectivity index (χ1v) is 9.48. The number of amides is 2. The van der Waals surface area contributed by atoms with Crippen LogP contribution in [-0.2, 0) is 6.54 Å². The van der Waals surface area contributed by atoms with Crippen molar-refractivity contribution in [2.75, 3.05) is 11.9 Å². The first kappa shape index (κ1) is 17.5. The third-order valence-corrected chi connectivity index (χ3v) is 4.85. The highest BCUT2D eigenvalue weighted by molar-refractivity contribution is 5.93. The van der Waals surface area contributed by atoms with Crippen molar-refractivity contribution in [1.82, 2.24) is 9.88 Å². The average molecular weight is 363 g/mol. The van der Waals surface area contributed by atoms with E-state index >= 15 is 0 Å². The molecule has 1 aliphatic heterocycles. The fourth-order valence-corrected chi connectivity index (χ4v) is 3.65. The van der Waals surface area contributed by atoms with Gasteiger partial charge in [0.05, 0.1) is 12.6 Å². The summed E-state index contributed by atoms with van der Waals surface area (Å²) in [5, 5.41) is 7.16. The maximum atomic E-state index is 12.5. The molecule has 1 atom stereocenters. The Balaban J connectivity index is 1.46. The minimum atomic E-state index is -0.197. The number of nitrogens with zero attached hydrogens (tertiary/aromatic N) is 1. The van der Waals surface area contributed by atoms with Crippen LogP contribution in [0.1, 0.15) is 31.9 Å². The largest absolute Gasteiger partial charge is 0.493 e. The van der Waals surface area contributed by atoms with Gasteiger partial charge in [0.1, 0.15) is 5.75 Å². The molecule has 2 aromatic carbocycles. The number of hydrogen-bond acceptors (Lipinski definition) is 2. The Hall–Kier alpha value is -2.95. The van der Waals surface area contributed by atoms with Gasteiger partial charge in [-0.2, -0.15) is 0 Å². The zero-order chi connectivity index (χ0) is 18.8. The molecule has 140 valence electrons. The highest BCUT2D eigenvalue weighted by atomic mass is 16.5. The summed E-state index contributed by atoms with van der Waals surface area (Å²) in [6, 6.07) is 15.8. The lowest BCUT2D eigenvalue weighted by molar-refractivity contribution is 0.232. The predicted molar refractivity (Wildman–Crippen MR) is 108 cm³/mol. The molecule has 0 fully saturated rings. The van der Waals surface area contributed by atoms with Crippen LogP contribution in [0.4, 0.5) is 10.5 Å². The summed E-state index contributed by atoms with van der Waals surface area (Å²) in [4.78, 5) is 12.5. The molecule has 0 aliphatic carbocycles. The summed E-state index contributed by atoms with van der Waals surface area (Å²) in [6.45, 7) is 6.01. The monoisotopic (exact) mass is 363 g/mol. The number of urea groups is 1. The Labute approximate surface area is 159 Å². The zero-order valence-corrected chi connectivity index (χ0v) is 15.7. The number of nitrogens with one attached hydrogen (secondary N) is 2. The number of para-hydroxylation sites is 1. The Kier molecular flexibility index (Phi) is 4.75. The van der Waals surface area contributed by atoms with Crippen LogP contribution in [0.15, 0.2) is 54.7 Å². The lowest BCUT2D eigenvalue weighted by Crippen LogP contribution is -2.35. The van der Waals surface area contributed by atoms with Crippen LogP contribution in [0.2, 0.25) is 0 Å². The van der Waals surface area contributed by atoms with Crippen molar-refractivity contribution in [2.45, 2.75) is 32.9 Å². The molecule has 1 aliphatic rings. The second-order valence-corrected chi connectivity index (χ2v) is 7.46. The molecule has 0 bridgehead atoms. The lowest BCUT2D eigenvalue weighted by atomic mass is 10.0. The van der Waals surface area contributed by atoms with E-state index in [0.717, 1.165) is 35.4 Å². The Bertz CT molecular complexity index is 961. The molecular weight excluding hydrogens is 338 g/mol. The van der Waals surface area contributed by atoms with E-state index in [4.69, 9.17) is 4.74 Å². The van der Waals surface area contributed by atoms with Crippen LogP contribution in [0.25, 0.3) is 10.9 Å². The van der Waals surface area contributed by atoms with E-state index in [9.17, 15) is 4.79 Å². The Morgan fingerprint density at radius 3 is 2.93 bits per heavy atom. The lowest BCUT2D eigenvalue weighted by Gasteiger charge is -2.26. The Morgan fingerprint density at radius 1 is 1.22 bits per heavy atom. The molecule has 27 heavy (non-hydrogen) atoms. The first-order chi connectivity index (χ1) is 13.1. The number of hydrogen-bond donors (Lipinski definition) is 2. The number of carbonyl (C=O) groups excluding carboxylic acids is 1. The number of fused-ring (bicyclic) bond motifs is 2. The van der Waals surface area contributed by atoms with Gasteiger partial charge in [-0.1, -0.05) is 32.0 Å². The maximum Gasteiger partial charge on any atom is 0.319 e. The van der Waals surface area contributed by atoms with E-state index in [1.807, 2.05) is 36.4 Å². The fourth-order valence-electron chi connectivity index (χ4n) is 3.65. The predicted octanol–water partition coefficient (Wildman–Crippen LogP) is 4.94. The van der Waals surface area contributed by atoms with Crippen molar-refractivity contribution in [2.24, 2.45) is 5.92 Å². The normalized spacial score (nSPS) is 16.0. The molecular formula is C22H25N3O2. The molecule has 0 saturated carbocycles. The maximum absolute atomic E-state index is 12.5. The van der Waals surface area contributed by atoms with Gasteiger partial charge in [0.25, 0.3) is 0 Å². The van der Waals surface area contributed by atoms with Crippen LogP contribution in [-0.4, -0.2) is 17.2 Å². The highest BCUT2D eigenvalue weighted by Crippen LogP contribution is 2.31. The number of rotatable bonds is 4. The van der Waals surface area contributed by atoms with Crippen LogP contribution >= 0.6 is 0 Å². The molecule has 2 amide bonds. The van der Waals surface area contributed by atoms with E-state index in [2.05, 4.69) is 47.4 Å². The number of benzene rings is 2. The number of anilines is 1. The van der Waals surface area contributed by atoms with Gasteiger partial charge in [0.2, 0.25) is 0 Å². The zero-order valence-electron chi connectivity index (χ0n) is 15.7.